The van der Waals surface area contributed by atoms with Gasteiger partial charge in [0.15, 0.2) is 6.10 Å². The first-order valence-electron chi connectivity index (χ1n) is 4.53. The summed E-state index contributed by atoms with van der Waals surface area (Å²) in [5.74, 6) is -3.81. The van der Waals surface area contributed by atoms with Crippen molar-refractivity contribution in [2.75, 3.05) is 0 Å². The van der Waals surface area contributed by atoms with E-state index in [0.29, 0.717) is 0 Å². The molecular weight excluding hydrogens is 233 g/mol. The van der Waals surface area contributed by atoms with E-state index in [1.165, 1.54) is 0 Å². The van der Waals surface area contributed by atoms with Crippen LogP contribution in [0.25, 0.3) is 0 Å². The molecule has 2 unspecified atom stereocenters. The van der Waals surface area contributed by atoms with E-state index in [4.69, 9.17) is 10.8 Å². The summed E-state index contributed by atoms with van der Waals surface area (Å²) in [5.41, 5.74) is 3.51. The fourth-order valence-electron chi connectivity index (χ4n) is 1.34. The Labute approximate surface area is 95.1 Å². The second kappa shape index (κ2) is 4.89. The molecule has 0 aliphatic carbocycles. The zero-order chi connectivity index (χ0) is 13.2. The molecule has 0 aliphatic heterocycles. The van der Waals surface area contributed by atoms with Gasteiger partial charge in [-0.3, -0.25) is 4.79 Å². The molecule has 92 valence electrons. The van der Waals surface area contributed by atoms with Crippen LogP contribution >= 0.6 is 0 Å². The molecule has 0 bridgehead atoms. The van der Waals surface area contributed by atoms with Crippen LogP contribution in [-0.4, -0.2) is 33.3 Å². The second-order valence-corrected chi connectivity index (χ2v) is 3.30. The molecule has 6 nitrogen and oxygen atoms in total. The Bertz CT molecular complexity index is 462. The number of aliphatic hydroxyl groups excluding tert-OH is 2. The second-order valence-electron chi connectivity index (χ2n) is 3.30. The quantitative estimate of drug-likeness (QED) is 0.562. The molecule has 0 spiro atoms. The number of hydrogen-bond acceptors (Lipinski definition) is 4. The molecule has 0 aromatic heterocycles. The number of nitrogens with two attached hydrogens (primary N) is 1. The average Bonchev–Trinajstić information content (AvgIpc) is 2.26. The van der Waals surface area contributed by atoms with Crippen LogP contribution in [0.1, 0.15) is 22.0 Å². The van der Waals surface area contributed by atoms with Gasteiger partial charge in [-0.1, -0.05) is 6.07 Å². The largest absolute Gasteiger partial charge is 0.478 e. The number of primary amides is 1. The van der Waals surface area contributed by atoms with Crippen LogP contribution in [0.2, 0.25) is 0 Å². The topological polar surface area (TPSA) is 121 Å². The van der Waals surface area contributed by atoms with Gasteiger partial charge in [0.2, 0.25) is 5.91 Å². The molecule has 1 rings (SSSR count). The molecule has 5 N–H and O–H groups in total. The first-order valence-corrected chi connectivity index (χ1v) is 4.53. The number of carbonyl (C=O) groups excluding carboxylic acids is 1. The summed E-state index contributed by atoms with van der Waals surface area (Å²) >= 11 is 0. The maximum Gasteiger partial charge on any atom is 0.336 e. The monoisotopic (exact) mass is 243 g/mol. The highest BCUT2D eigenvalue weighted by molar-refractivity contribution is 5.90. The highest BCUT2D eigenvalue weighted by Gasteiger charge is 2.29. The number of aromatic carboxylic acids is 1. The zero-order valence-electron chi connectivity index (χ0n) is 8.50. The van der Waals surface area contributed by atoms with Crippen molar-refractivity contribution in [2.45, 2.75) is 12.2 Å². The predicted molar refractivity (Wildman–Crippen MR) is 53.5 cm³/mol. The smallest absolute Gasteiger partial charge is 0.336 e. The van der Waals surface area contributed by atoms with Gasteiger partial charge in [0.25, 0.3) is 0 Å². The molecule has 0 fully saturated rings. The molecule has 1 aromatic carbocycles. The Kier molecular flexibility index (Phi) is 3.77. The Morgan fingerprint density at radius 3 is 2.35 bits per heavy atom. The lowest BCUT2D eigenvalue weighted by atomic mass is 9.97. The zero-order valence-corrected chi connectivity index (χ0v) is 8.50. The van der Waals surface area contributed by atoms with Gasteiger partial charge < -0.3 is 21.1 Å². The lowest BCUT2D eigenvalue weighted by Crippen LogP contribution is -2.35. The Balaban J connectivity index is 3.29. The van der Waals surface area contributed by atoms with E-state index in [9.17, 15) is 24.2 Å². The molecule has 1 aromatic rings. The van der Waals surface area contributed by atoms with Crippen LogP contribution in [0.5, 0.6) is 0 Å². The Morgan fingerprint density at radius 1 is 1.29 bits per heavy atom. The molecule has 17 heavy (non-hydrogen) atoms. The number of carboxylic acids is 1. The highest BCUT2D eigenvalue weighted by Crippen LogP contribution is 2.24. The van der Waals surface area contributed by atoms with Crippen molar-refractivity contribution in [3.63, 3.8) is 0 Å². The first kappa shape index (κ1) is 13.1. The minimum Gasteiger partial charge on any atom is -0.478 e. The third-order valence-corrected chi connectivity index (χ3v) is 2.17. The number of benzene rings is 1. The minimum atomic E-state index is -2.08. The van der Waals surface area contributed by atoms with Gasteiger partial charge in [-0.15, -0.1) is 0 Å². The molecule has 0 radical (unpaired) electrons. The third kappa shape index (κ3) is 2.58. The normalized spacial score (nSPS) is 14.1. The summed E-state index contributed by atoms with van der Waals surface area (Å²) in [7, 11) is 0. The molecule has 2 atom stereocenters. The molecule has 0 aliphatic rings. The van der Waals surface area contributed by atoms with Crippen molar-refractivity contribution >= 4 is 11.9 Å². The van der Waals surface area contributed by atoms with Crippen LogP contribution in [-0.2, 0) is 4.79 Å². The van der Waals surface area contributed by atoms with E-state index < -0.39 is 41.0 Å². The lowest BCUT2D eigenvalue weighted by molar-refractivity contribution is -0.132. The highest BCUT2D eigenvalue weighted by atomic mass is 19.1. The number of halogens is 1. The Morgan fingerprint density at radius 2 is 1.88 bits per heavy atom. The van der Waals surface area contributed by atoms with Crippen molar-refractivity contribution in [3.8, 4) is 0 Å². The van der Waals surface area contributed by atoms with Crippen LogP contribution in [0.4, 0.5) is 4.39 Å². The fourth-order valence-corrected chi connectivity index (χ4v) is 1.34. The lowest BCUT2D eigenvalue weighted by Gasteiger charge is -2.17. The standard InChI is InChI=1S/C10H10FNO5/c11-5-3-1-2-4(10(16)17)6(5)7(13)8(14)9(12)15/h1-3,7-8,13-14H,(H2,12,15)(H,16,17). The summed E-state index contributed by atoms with van der Waals surface area (Å²) in [6.07, 6.45) is -4.11. The summed E-state index contributed by atoms with van der Waals surface area (Å²) in [6.45, 7) is 0. The van der Waals surface area contributed by atoms with Gasteiger partial charge in [-0.2, -0.15) is 0 Å². The molecule has 1 amide bonds. The molecule has 7 heteroatoms. The van der Waals surface area contributed by atoms with Gasteiger partial charge in [0.05, 0.1) is 5.56 Å². The van der Waals surface area contributed by atoms with Crippen molar-refractivity contribution in [1.29, 1.82) is 0 Å². The van der Waals surface area contributed by atoms with Gasteiger partial charge in [0.1, 0.15) is 11.9 Å². The van der Waals surface area contributed by atoms with E-state index in [2.05, 4.69) is 0 Å². The molecule has 0 heterocycles. The van der Waals surface area contributed by atoms with Crippen LogP contribution < -0.4 is 5.73 Å². The van der Waals surface area contributed by atoms with E-state index >= 15 is 0 Å². The number of aliphatic hydroxyl groups is 2. The number of amides is 1. The van der Waals surface area contributed by atoms with E-state index in [-0.39, 0.29) is 0 Å². The number of carbonyl (C=O) groups is 2. The first-order chi connectivity index (χ1) is 7.86. The maximum absolute atomic E-state index is 13.4. The molecule has 0 saturated carbocycles. The summed E-state index contributed by atoms with van der Waals surface area (Å²) in [4.78, 5) is 21.4. The van der Waals surface area contributed by atoms with Crippen molar-refractivity contribution in [3.05, 3.63) is 35.1 Å². The summed E-state index contributed by atoms with van der Waals surface area (Å²) < 4.78 is 13.4. The minimum absolute atomic E-state index is 0.544. The van der Waals surface area contributed by atoms with Crippen molar-refractivity contribution < 1.29 is 29.3 Å². The van der Waals surface area contributed by atoms with E-state index in [0.717, 1.165) is 18.2 Å². The number of carboxylic acid groups (broad SMARTS) is 1. The van der Waals surface area contributed by atoms with E-state index in [1.54, 1.807) is 0 Å². The van der Waals surface area contributed by atoms with Crippen molar-refractivity contribution in [1.82, 2.24) is 0 Å². The van der Waals surface area contributed by atoms with Gasteiger partial charge in [0, 0.05) is 5.56 Å². The molecule has 0 saturated heterocycles. The van der Waals surface area contributed by atoms with E-state index in [1.807, 2.05) is 0 Å². The predicted octanol–water partition coefficient (Wildman–Crippen LogP) is -0.597. The average molecular weight is 243 g/mol. The third-order valence-electron chi connectivity index (χ3n) is 2.17. The van der Waals surface area contributed by atoms with Crippen LogP contribution in [0.3, 0.4) is 0 Å². The summed E-state index contributed by atoms with van der Waals surface area (Å²) in [6, 6.07) is 3.07. The fraction of sp³-hybridized carbons (Fsp3) is 0.200. The number of hydrogen-bond donors (Lipinski definition) is 4. The maximum atomic E-state index is 13.4. The molecular formula is C10H10FNO5. The van der Waals surface area contributed by atoms with Gasteiger partial charge in [-0.25, -0.2) is 9.18 Å². The summed E-state index contributed by atoms with van der Waals surface area (Å²) in [5, 5.41) is 27.5. The van der Waals surface area contributed by atoms with Gasteiger partial charge in [-0.05, 0) is 12.1 Å². The van der Waals surface area contributed by atoms with Crippen molar-refractivity contribution in [2.24, 2.45) is 5.73 Å². The Hall–Kier alpha value is -1.99. The van der Waals surface area contributed by atoms with Crippen LogP contribution in [0.15, 0.2) is 18.2 Å². The number of rotatable bonds is 4. The SMILES string of the molecule is NC(=O)C(O)C(O)c1c(F)cccc1C(=O)O. The van der Waals surface area contributed by atoms with Gasteiger partial charge >= 0.3 is 5.97 Å². The van der Waals surface area contributed by atoms with Crippen LogP contribution in [0, 0.1) is 5.82 Å².